The van der Waals surface area contributed by atoms with Gasteiger partial charge in [-0.3, -0.25) is 9.59 Å². The molecule has 0 aliphatic heterocycles. The zero-order chi connectivity index (χ0) is 30.8. The summed E-state index contributed by atoms with van der Waals surface area (Å²) in [6.45, 7) is 0. The molecule has 5 aromatic carbocycles. The first-order valence-electron chi connectivity index (χ1n) is 14.3. The Morgan fingerprint density at radius 2 is 1.22 bits per heavy atom. The van der Waals surface area contributed by atoms with Gasteiger partial charge in [-0.25, -0.2) is 19.3 Å². The molecule has 0 saturated carbocycles. The van der Waals surface area contributed by atoms with Gasteiger partial charge in [0.05, 0.1) is 16.5 Å². The summed E-state index contributed by atoms with van der Waals surface area (Å²) >= 11 is 1.07. The molecule has 0 fully saturated rings. The number of imidazole rings is 1. The van der Waals surface area contributed by atoms with Crippen molar-refractivity contribution in [3.63, 3.8) is 0 Å². The summed E-state index contributed by atoms with van der Waals surface area (Å²) in [4.78, 5) is 38.5. The molecule has 7 aromatic rings. The van der Waals surface area contributed by atoms with Gasteiger partial charge in [0, 0.05) is 11.8 Å². The van der Waals surface area contributed by atoms with Gasteiger partial charge in [-0.05, 0) is 47.0 Å². The number of nitrogens with zero attached hydrogens (tertiary/aromatic N) is 4. The Bertz CT molecular complexity index is 2020. The first-order valence-corrected chi connectivity index (χ1v) is 15.1. The maximum Gasteiger partial charge on any atom is 0.287 e. The number of amides is 2. The lowest BCUT2D eigenvalue weighted by atomic mass is 9.77. The maximum absolute atomic E-state index is 14.4. The lowest BCUT2D eigenvalue weighted by Gasteiger charge is -2.37. The first-order chi connectivity index (χ1) is 22.1. The summed E-state index contributed by atoms with van der Waals surface area (Å²) in [5, 5.41) is 0.129. The van der Waals surface area contributed by atoms with Crippen LogP contribution in [0, 0.1) is 5.82 Å². The number of benzene rings is 5. The molecule has 0 unspecified atom stereocenters. The van der Waals surface area contributed by atoms with E-state index in [4.69, 9.17) is 0 Å². The van der Waals surface area contributed by atoms with Crippen molar-refractivity contribution in [2.45, 2.75) is 5.54 Å². The lowest BCUT2D eigenvalue weighted by molar-refractivity contribution is 0.0895. The van der Waals surface area contributed by atoms with E-state index in [0.717, 1.165) is 32.9 Å². The van der Waals surface area contributed by atoms with E-state index in [2.05, 4.69) is 9.97 Å². The number of hydrogen-bond acceptors (Lipinski definition) is 5. The van der Waals surface area contributed by atoms with Crippen LogP contribution < -0.4 is 4.90 Å². The van der Waals surface area contributed by atoms with Crippen LogP contribution in [0.25, 0.3) is 10.2 Å². The summed E-state index contributed by atoms with van der Waals surface area (Å²) in [5.41, 5.74) is 2.84. The molecule has 7 rings (SSSR count). The second-order valence-corrected chi connectivity index (χ2v) is 11.4. The van der Waals surface area contributed by atoms with Gasteiger partial charge in [-0.15, -0.1) is 0 Å². The Kier molecular flexibility index (Phi) is 7.33. The normalized spacial score (nSPS) is 11.4. The van der Waals surface area contributed by atoms with Gasteiger partial charge in [0.1, 0.15) is 17.1 Å². The summed E-state index contributed by atoms with van der Waals surface area (Å²) in [5.74, 6) is -1.64. The van der Waals surface area contributed by atoms with Gasteiger partial charge in [0.2, 0.25) is 5.13 Å². The molecule has 6 nitrogen and oxygen atoms in total. The topological polar surface area (TPSA) is 68.1 Å². The van der Waals surface area contributed by atoms with E-state index in [-0.39, 0.29) is 10.8 Å². The average molecular weight is 609 g/mol. The Morgan fingerprint density at radius 1 is 0.689 bits per heavy atom. The molecule has 2 amide bonds. The number of aromatic nitrogens is 3. The molecule has 218 valence electrons. The number of carbonyl (C=O) groups excluding carboxylic acids is 2. The van der Waals surface area contributed by atoms with Gasteiger partial charge in [0.25, 0.3) is 11.8 Å². The Morgan fingerprint density at radius 3 is 1.78 bits per heavy atom. The summed E-state index contributed by atoms with van der Waals surface area (Å²) < 4.78 is 16.5. The lowest BCUT2D eigenvalue weighted by Crippen LogP contribution is -2.38. The highest BCUT2D eigenvalue weighted by atomic mass is 32.1. The first kappa shape index (κ1) is 28.1. The molecule has 0 radical (unpaired) electrons. The average Bonchev–Trinajstić information content (AvgIpc) is 3.75. The largest absolute Gasteiger partial charge is 0.318 e. The summed E-state index contributed by atoms with van der Waals surface area (Å²) in [7, 11) is 0. The molecule has 45 heavy (non-hydrogen) atoms. The summed E-state index contributed by atoms with van der Waals surface area (Å²) in [6.07, 6.45) is 3.30. The number of carbonyl (C=O) groups is 2. The van der Waals surface area contributed by atoms with Crippen molar-refractivity contribution in [3.05, 3.63) is 186 Å². The van der Waals surface area contributed by atoms with Crippen molar-refractivity contribution < 1.29 is 14.0 Å². The molecule has 0 aliphatic rings. The second kappa shape index (κ2) is 11.7. The second-order valence-electron chi connectivity index (χ2n) is 10.4. The van der Waals surface area contributed by atoms with Crippen LogP contribution in [0.5, 0.6) is 0 Å². The van der Waals surface area contributed by atoms with Gasteiger partial charge in [0.15, 0.2) is 0 Å². The van der Waals surface area contributed by atoms with Crippen molar-refractivity contribution in [2.24, 2.45) is 0 Å². The van der Waals surface area contributed by atoms with Crippen molar-refractivity contribution in [1.29, 1.82) is 0 Å². The number of anilines is 1. The molecule has 0 aliphatic carbocycles. The highest BCUT2D eigenvalue weighted by molar-refractivity contribution is 7.22. The van der Waals surface area contributed by atoms with Gasteiger partial charge in [-0.1, -0.05) is 121 Å². The Balaban J connectivity index is 1.40. The van der Waals surface area contributed by atoms with Crippen molar-refractivity contribution in [1.82, 2.24) is 14.5 Å². The zero-order valence-corrected chi connectivity index (χ0v) is 24.6. The van der Waals surface area contributed by atoms with E-state index < -0.39 is 23.2 Å². The van der Waals surface area contributed by atoms with Crippen LogP contribution in [-0.2, 0) is 5.54 Å². The zero-order valence-electron chi connectivity index (χ0n) is 23.8. The Labute approximate surface area is 262 Å². The molecule has 2 aromatic heterocycles. The minimum atomic E-state index is -0.892. The van der Waals surface area contributed by atoms with Crippen LogP contribution in [-0.4, -0.2) is 26.3 Å². The quantitative estimate of drug-likeness (QED) is 0.136. The molecule has 0 spiro atoms. The molecule has 8 heteroatoms. The van der Waals surface area contributed by atoms with E-state index in [1.54, 1.807) is 42.9 Å². The van der Waals surface area contributed by atoms with Crippen molar-refractivity contribution in [2.75, 3.05) is 4.90 Å². The van der Waals surface area contributed by atoms with Gasteiger partial charge >= 0.3 is 0 Å². The van der Waals surface area contributed by atoms with E-state index in [1.165, 1.54) is 18.2 Å². The molecule has 0 atom stereocenters. The van der Waals surface area contributed by atoms with Crippen molar-refractivity contribution in [3.8, 4) is 0 Å². The molecule has 0 N–H and O–H groups in total. The number of thiazole rings is 1. The highest BCUT2D eigenvalue weighted by Gasteiger charge is 2.39. The van der Waals surface area contributed by atoms with E-state index in [1.807, 2.05) is 95.6 Å². The van der Waals surface area contributed by atoms with E-state index >= 15 is 0 Å². The van der Waals surface area contributed by atoms with Crippen LogP contribution in [0.4, 0.5) is 9.52 Å². The van der Waals surface area contributed by atoms with Crippen LogP contribution in [0.2, 0.25) is 0 Å². The van der Waals surface area contributed by atoms with Crippen LogP contribution in [0.15, 0.2) is 152 Å². The number of fused-ring (bicyclic) bond motifs is 1. The molecule has 2 heterocycles. The molecule has 0 bridgehead atoms. The minimum Gasteiger partial charge on any atom is -0.318 e. The monoisotopic (exact) mass is 608 g/mol. The van der Waals surface area contributed by atoms with Crippen LogP contribution in [0.3, 0.4) is 0 Å². The maximum atomic E-state index is 14.4. The van der Waals surface area contributed by atoms with Crippen LogP contribution in [0.1, 0.15) is 37.5 Å². The number of imide groups is 1. The minimum absolute atomic E-state index is 0.0527. The molecule has 0 saturated heterocycles. The third-order valence-corrected chi connectivity index (χ3v) is 8.72. The highest BCUT2D eigenvalue weighted by Crippen LogP contribution is 2.41. The standard InChI is InChI=1S/C37H25FN4O2S/c38-30-21-22-31-33(23-30)45-36(40-31)42(34(43)26-13-5-1-6-14-26)35(44)32-24-41(25-39-32)37(27-15-7-2-8-16-27,28-17-9-3-10-18-28)29-19-11-4-12-20-29/h1-25H. The van der Waals surface area contributed by atoms with E-state index in [0.29, 0.717) is 15.8 Å². The van der Waals surface area contributed by atoms with Gasteiger partial charge in [-0.2, -0.15) is 0 Å². The predicted octanol–water partition coefficient (Wildman–Crippen LogP) is 7.96. The number of halogens is 1. The molecular weight excluding hydrogens is 583 g/mol. The fraction of sp³-hybridized carbons (Fsp3) is 0.0270. The SMILES string of the molecule is O=C(c1ccccc1)N(C(=O)c1cn(C(c2ccccc2)(c2ccccc2)c2ccccc2)cn1)c1nc2ccc(F)cc2s1. The fourth-order valence-corrected chi connectivity index (χ4v) is 6.66. The molecular formula is C37H25FN4O2S. The number of hydrogen-bond donors (Lipinski definition) is 0. The fourth-order valence-electron chi connectivity index (χ4n) is 5.67. The third kappa shape index (κ3) is 5.01. The van der Waals surface area contributed by atoms with Crippen LogP contribution >= 0.6 is 11.3 Å². The summed E-state index contributed by atoms with van der Waals surface area (Å²) in [6, 6.07) is 42.8. The van der Waals surface area contributed by atoms with E-state index in [9.17, 15) is 14.0 Å². The number of rotatable bonds is 7. The smallest absolute Gasteiger partial charge is 0.287 e. The predicted molar refractivity (Wildman–Crippen MR) is 174 cm³/mol. The third-order valence-electron chi connectivity index (χ3n) is 7.72. The Hall–Kier alpha value is -5.73. The van der Waals surface area contributed by atoms with Gasteiger partial charge < -0.3 is 4.57 Å². The van der Waals surface area contributed by atoms with Crippen molar-refractivity contribution >= 4 is 38.5 Å².